The van der Waals surface area contributed by atoms with Gasteiger partial charge in [0.25, 0.3) is 0 Å². The summed E-state index contributed by atoms with van der Waals surface area (Å²) >= 11 is 0. The maximum atomic E-state index is 9.59. The fraction of sp³-hybridized carbons (Fsp3) is 0.467. The summed E-state index contributed by atoms with van der Waals surface area (Å²) < 4.78 is 2.29. The molecule has 1 aromatic heterocycles. The van der Waals surface area contributed by atoms with E-state index < -0.39 is 0 Å². The minimum atomic E-state index is -0.291. The van der Waals surface area contributed by atoms with E-state index in [-0.39, 0.29) is 6.10 Å². The number of nitrogens with zero attached hydrogens (tertiary/aromatic N) is 1. The van der Waals surface area contributed by atoms with Crippen molar-refractivity contribution in [3.63, 3.8) is 0 Å². The van der Waals surface area contributed by atoms with Crippen LogP contribution >= 0.6 is 0 Å². The van der Waals surface area contributed by atoms with Gasteiger partial charge in [0, 0.05) is 29.6 Å². The fourth-order valence-corrected chi connectivity index (χ4v) is 2.49. The van der Waals surface area contributed by atoms with Crippen LogP contribution in [-0.4, -0.2) is 15.8 Å². The van der Waals surface area contributed by atoms with Crippen molar-refractivity contribution < 1.29 is 5.11 Å². The van der Waals surface area contributed by atoms with Crippen LogP contribution in [0, 0.1) is 6.92 Å². The van der Waals surface area contributed by atoms with Gasteiger partial charge in [-0.25, -0.2) is 0 Å². The monoisotopic (exact) mass is 231 g/mol. The maximum Gasteiger partial charge on any atom is 0.0553 e. The normalized spacial score (nSPS) is 13.5. The topological polar surface area (TPSA) is 25.2 Å². The molecule has 1 aromatic carbocycles. The van der Waals surface area contributed by atoms with Gasteiger partial charge in [0.05, 0.1) is 6.10 Å². The Labute approximate surface area is 103 Å². The van der Waals surface area contributed by atoms with Crippen LogP contribution in [0.5, 0.6) is 0 Å². The first kappa shape index (κ1) is 12.2. The molecule has 0 bridgehead atoms. The Morgan fingerprint density at radius 1 is 1.24 bits per heavy atom. The number of aliphatic hydroxyl groups excluding tert-OH is 1. The van der Waals surface area contributed by atoms with Crippen LogP contribution in [0.1, 0.15) is 37.9 Å². The van der Waals surface area contributed by atoms with Gasteiger partial charge >= 0.3 is 0 Å². The molecule has 0 aliphatic carbocycles. The fourth-order valence-electron chi connectivity index (χ4n) is 2.49. The van der Waals surface area contributed by atoms with Crippen molar-refractivity contribution in [2.75, 3.05) is 0 Å². The summed E-state index contributed by atoms with van der Waals surface area (Å²) in [4.78, 5) is 0. The predicted octanol–water partition coefficient (Wildman–Crippen LogP) is 3.45. The van der Waals surface area contributed by atoms with E-state index in [0.717, 1.165) is 6.42 Å². The third kappa shape index (κ3) is 2.22. The van der Waals surface area contributed by atoms with Gasteiger partial charge in [-0.15, -0.1) is 0 Å². The molecule has 0 spiro atoms. The third-order valence-electron chi connectivity index (χ3n) is 3.22. The Morgan fingerprint density at radius 3 is 2.53 bits per heavy atom. The lowest BCUT2D eigenvalue weighted by Crippen LogP contribution is -2.04. The van der Waals surface area contributed by atoms with E-state index in [4.69, 9.17) is 0 Å². The highest BCUT2D eigenvalue weighted by atomic mass is 16.3. The quantitative estimate of drug-likeness (QED) is 0.860. The Bertz CT molecular complexity index is 523. The molecule has 1 atom stereocenters. The second kappa shape index (κ2) is 4.53. The van der Waals surface area contributed by atoms with Crippen LogP contribution in [0.25, 0.3) is 10.9 Å². The van der Waals surface area contributed by atoms with E-state index in [2.05, 4.69) is 49.7 Å². The highest BCUT2D eigenvalue weighted by molar-refractivity contribution is 5.87. The highest BCUT2D eigenvalue weighted by Crippen LogP contribution is 2.28. The third-order valence-corrected chi connectivity index (χ3v) is 3.22. The van der Waals surface area contributed by atoms with Crippen LogP contribution in [0.4, 0.5) is 0 Å². The Balaban J connectivity index is 2.67. The lowest BCUT2D eigenvalue weighted by atomic mass is 10.0. The van der Waals surface area contributed by atoms with E-state index in [1.807, 2.05) is 6.92 Å². The van der Waals surface area contributed by atoms with Gasteiger partial charge in [-0.2, -0.15) is 0 Å². The molecule has 2 aromatic rings. The first-order valence-electron chi connectivity index (χ1n) is 6.27. The van der Waals surface area contributed by atoms with Crippen molar-refractivity contribution in [3.05, 3.63) is 35.5 Å². The summed E-state index contributed by atoms with van der Waals surface area (Å²) in [5.74, 6) is 0. The molecule has 0 aliphatic rings. The molecule has 1 N–H and O–H groups in total. The second-order valence-electron chi connectivity index (χ2n) is 5.18. The van der Waals surface area contributed by atoms with Crippen molar-refractivity contribution in [1.82, 2.24) is 4.57 Å². The molecule has 2 rings (SSSR count). The maximum absolute atomic E-state index is 9.59. The van der Waals surface area contributed by atoms with E-state index in [1.54, 1.807) is 0 Å². The van der Waals surface area contributed by atoms with E-state index >= 15 is 0 Å². The van der Waals surface area contributed by atoms with Gasteiger partial charge in [0.2, 0.25) is 0 Å². The van der Waals surface area contributed by atoms with E-state index in [1.165, 1.54) is 22.0 Å². The molecule has 0 amide bonds. The zero-order valence-corrected chi connectivity index (χ0v) is 11.1. The van der Waals surface area contributed by atoms with Crippen molar-refractivity contribution in [2.24, 2.45) is 0 Å². The number of aryl methyl sites for hydroxylation is 1. The number of hydrogen-bond acceptors (Lipinski definition) is 1. The molecule has 92 valence electrons. The number of hydrogen-bond donors (Lipinski definition) is 1. The standard InChI is InChI=1S/C15H21NO/c1-10(2)16-9-13(8-12(4)17)15-11(3)6-5-7-14(15)16/h5-7,9-10,12,17H,8H2,1-4H3. The smallest absolute Gasteiger partial charge is 0.0553 e. The van der Waals surface area contributed by atoms with Crippen molar-refractivity contribution in [1.29, 1.82) is 0 Å². The Hall–Kier alpha value is -1.28. The van der Waals surface area contributed by atoms with Crippen molar-refractivity contribution in [3.8, 4) is 0 Å². The van der Waals surface area contributed by atoms with Crippen LogP contribution in [0.15, 0.2) is 24.4 Å². The first-order chi connectivity index (χ1) is 8.00. The zero-order valence-electron chi connectivity index (χ0n) is 11.1. The van der Waals surface area contributed by atoms with Gasteiger partial charge < -0.3 is 9.67 Å². The molecule has 0 aliphatic heterocycles. The highest BCUT2D eigenvalue weighted by Gasteiger charge is 2.13. The summed E-state index contributed by atoms with van der Waals surface area (Å²) in [6.07, 6.45) is 2.62. The number of aromatic nitrogens is 1. The molecule has 0 saturated carbocycles. The van der Waals surface area contributed by atoms with Crippen molar-refractivity contribution >= 4 is 10.9 Å². The second-order valence-corrected chi connectivity index (χ2v) is 5.18. The average Bonchev–Trinajstić information content (AvgIpc) is 2.57. The molecule has 2 heteroatoms. The van der Waals surface area contributed by atoms with E-state index in [9.17, 15) is 5.11 Å². The molecule has 0 radical (unpaired) electrons. The van der Waals surface area contributed by atoms with Crippen molar-refractivity contribution in [2.45, 2.75) is 46.3 Å². The largest absolute Gasteiger partial charge is 0.393 e. The van der Waals surface area contributed by atoms with E-state index in [0.29, 0.717) is 6.04 Å². The summed E-state index contributed by atoms with van der Waals surface area (Å²) in [6.45, 7) is 8.36. The molecular weight excluding hydrogens is 210 g/mol. The lowest BCUT2D eigenvalue weighted by molar-refractivity contribution is 0.196. The molecule has 0 saturated heterocycles. The Kier molecular flexibility index (Phi) is 3.25. The number of rotatable bonds is 3. The summed E-state index contributed by atoms with van der Waals surface area (Å²) in [5.41, 5.74) is 3.81. The van der Waals surface area contributed by atoms with Crippen LogP contribution < -0.4 is 0 Å². The van der Waals surface area contributed by atoms with Gasteiger partial charge in [-0.05, 0) is 44.9 Å². The van der Waals surface area contributed by atoms with Crippen LogP contribution in [-0.2, 0) is 6.42 Å². The van der Waals surface area contributed by atoms with Crippen LogP contribution in [0.2, 0.25) is 0 Å². The van der Waals surface area contributed by atoms with Gasteiger partial charge in [-0.3, -0.25) is 0 Å². The van der Waals surface area contributed by atoms with Crippen LogP contribution in [0.3, 0.4) is 0 Å². The zero-order chi connectivity index (χ0) is 12.6. The minimum Gasteiger partial charge on any atom is -0.393 e. The first-order valence-corrected chi connectivity index (χ1v) is 6.27. The molecule has 0 fully saturated rings. The summed E-state index contributed by atoms with van der Waals surface area (Å²) in [7, 11) is 0. The summed E-state index contributed by atoms with van der Waals surface area (Å²) in [6, 6.07) is 6.84. The SMILES string of the molecule is Cc1cccc2c1c(CC(C)O)cn2C(C)C. The molecule has 2 nitrogen and oxygen atoms in total. The number of fused-ring (bicyclic) bond motifs is 1. The number of aliphatic hydroxyl groups is 1. The Morgan fingerprint density at radius 2 is 1.94 bits per heavy atom. The predicted molar refractivity (Wildman–Crippen MR) is 72.4 cm³/mol. The summed E-state index contributed by atoms with van der Waals surface area (Å²) in [5, 5.41) is 10.9. The van der Waals surface area contributed by atoms with Gasteiger partial charge in [0.15, 0.2) is 0 Å². The van der Waals surface area contributed by atoms with Gasteiger partial charge in [0.1, 0.15) is 0 Å². The molecule has 17 heavy (non-hydrogen) atoms. The lowest BCUT2D eigenvalue weighted by Gasteiger charge is -2.09. The number of benzene rings is 1. The minimum absolute atomic E-state index is 0.291. The van der Waals surface area contributed by atoms with Gasteiger partial charge in [-0.1, -0.05) is 12.1 Å². The molecule has 1 heterocycles. The molecule has 1 unspecified atom stereocenters. The average molecular weight is 231 g/mol. The molecular formula is C15H21NO.